The monoisotopic (exact) mass is 302 g/mol. The lowest BCUT2D eigenvalue weighted by Crippen LogP contribution is -2.51. The Bertz CT molecular complexity index is 467. The van der Waals surface area contributed by atoms with Gasteiger partial charge in [-0.25, -0.2) is 0 Å². The molecule has 1 aromatic rings. The van der Waals surface area contributed by atoms with Crippen molar-refractivity contribution < 1.29 is 4.79 Å². The van der Waals surface area contributed by atoms with Gasteiger partial charge in [-0.15, -0.1) is 0 Å². The van der Waals surface area contributed by atoms with Crippen molar-refractivity contribution in [3.63, 3.8) is 0 Å². The molecule has 1 aromatic carbocycles. The number of benzene rings is 1. The van der Waals surface area contributed by atoms with Gasteiger partial charge >= 0.3 is 0 Å². The first-order valence-electron chi connectivity index (χ1n) is 8.25. The molecular weight excluding hydrogens is 276 g/mol. The summed E-state index contributed by atoms with van der Waals surface area (Å²) in [5.41, 5.74) is 1.36. The second-order valence-electron chi connectivity index (χ2n) is 6.37. The van der Waals surface area contributed by atoms with Crippen LogP contribution in [0.2, 0.25) is 0 Å². The highest BCUT2D eigenvalue weighted by Crippen LogP contribution is 2.08. The molecule has 2 aliphatic heterocycles. The van der Waals surface area contributed by atoms with Crippen molar-refractivity contribution in [1.29, 1.82) is 0 Å². The summed E-state index contributed by atoms with van der Waals surface area (Å²) in [6, 6.07) is 10.6. The molecule has 22 heavy (non-hydrogen) atoms. The fourth-order valence-electron chi connectivity index (χ4n) is 2.96. The molecule has 2 heterocycles. The van der Waals surface area contributed by atoms with Crippen molar-refractivity contribution in [3.8, 4) is 0 Å². The van der Waals surface area contributed by atoms with Crippen LogP contribution in [-0.2, 0) is 11.3 Å². The quantitative estimate of drug-likeness (QED) is 0.785. The summed E-state index contributed by atoms with van der Waals surface area (Å²) < 4.78 is 0. The Morgan fingerprint density at radius 1 is 1.09 bits per heavy atom. The molecule has 2 N–H and O–H groups in total. The van der Waals surface area contributed by atoms with Gasteiger partial charge in [-0.1, -0.05) is 30.3 Å². The molecule has 0 spiro atoms. The summed E-state index contributed by atoms with van der Waals surface area (Å²) in [5, 5.41) is 6.27. The van der Waals surface area contributed by atoms with Crippen molar-refractivity contribution in [2.24, 2.45) is 5.92 Å². The number of carbonyl (C=O) groups excluding carboxylic acids is 1. The van der Waals surface area contributed by atoms with E-state index in [2.05, 4.69) is 50.8 Å². The summed E-state index contributed by atoms with van der Waals surface area (Å²) in [6.07, 6.45) is 0. The van der Waals surface area contributed by atoms with Crippen LogP contribution in [0.25, 0.3) is 0 Å². The van der Waals surface area contributed by atoms with Crippen LogP contribution in [0.4, 0.5) is 0 Å². The van der Waals surface area contributed by atoms with Crippen LogP contribution in [0.15, 0.2) is 30.3 Å². The third-order valence-electron chi connectivity index (χ3n) is 4.54. The molecule has 0 radical (unpaired) electrons. The Balaban J connectivity index is 1.33. The van der Waals surface area contributed by atoms with Crippen molar-refractivity contribution in [2.75, 3.05) is 52.4 Å². The normalized spacial score (nSPS) is 20.5. The van der Waals surface area contributed by atoms with Crippen molar-refractivity contribution in [3.05, 3.63) is 35.9 Å². The number of nitrogens with one attached hydrogen (secondary N) is 2. The molecule has 0 unspecified atom stereocenters. The smallest absolute Gasteiger partial charge is 0.234 e. The number of hydrogen-bond donors (Lipinski definition) is 2. The fourth-order valence-corrected chi connectivity index (χ4v) is 2.96. The minimum atomic E-state index is 0.170. The van der Waals surface area contributed by atoms with Crippen LogP contribution in [0.1, 0.15) is 5.56 Å². The van der Waals surface area contributed by atoms with Gasteiger partial charge in [0.1, 0.15) is 0 Å². The number of nitrogens with zero attached hydrogens (tertiary/aromatic N) is 2. The van der Waals surface area contributed by atoms with Crippen LogP contribution >= 0.6 is 0 Å². The Morgan fingerprint density at radius 2 is 1.77 bits per heavy atom. The second kappa shape index (κ2) is 7.72. The third kappa shape index (κ3) is 4.53. The maximum Gasteiger partial charge on any atom is 0.234 e. The molecule has 0 saturated carbocycles. The Kier molecular flexibility index (Phi) is 5.43. The summed E-state index contributed by atoms with van der Waals surface area (Å²) in [6.45, 7) is 8.48. The highest BCUT2D eigenvalue weighted by Gasteiger charge is 2.20. The molecule has 2 fully saturated rings. The van der Waals surface area contributed by atoms with Crippen LogP contribution in [0.5, 0.6) is 0 Å². The minimum Gasteiger partial charge on any atom is -0.355 e. The summed E-state index contributed by atoms with van der Waals surface area (Å²) in [4.78, 5) is 16.7. The van der Waals surface area contributed by atoms with Gasteiger partial charge in [0, 0.05) is 58.3 Å². The minimum absolute atomic E-state index is 0.170. The maximum absolute atomic E-state index is 11.9. The van der Waals surface area contributed by atoms with E-state index >= 15 is 0 Å². The molecule has 0 aromatic heterocycles. The van der Waals surface area contributed by atoms with E-state index < -0.39 is 0 Å². The van der Waals surface area contributed by atoms with E-state index in [-0.39, 0.29) is 5.91 Å². The molecule has 0 atom stereocenters. The van der Waals surface area contributed by atoms with E-state index in [0.717, 1.165) is 52.4 Å². The lowest BCUT2D eigenvalue weighted by molar-refractivity contribution is -0.122. The van der Waals surface area contributed by atoms with E-state index in [1.807, 2.05) is 0 Å². The average molecular weight is 302 g/mol. The molecule has 0 aliphatic carbocycles. The van der Waals surface area contributed by atoms with Crippen LogP contribution in [-0.4, -0.2) is 68.1 Å². The van der Waals surface area contributed by atoms with Crippen molar-refractivity contribution >= 4 is 5.91 Å². The first kappa shape index (κ1) is 15.5. The highest BCUT2D eigenvalue weighted by atomic mass is 16.2. The number of piperazine rings is 1. The van der Waals surface area contributed by atoms with Crippen LogP contribution in [0, 0.1) is 5.92 Å². The molecular formula is C17H26N4O. The van der Waals surface area contributed by atoms with Gasteiger partial charge in [0.05, 0.1) is 6.54 Å². The zero-order valence-electron chi connectivity index (χ0n) is 13.1. The van der Waals surface area contributed by atoms with Crippen LogP contribution < -0.4 is 10.6 Å². The van der Waals surface area contributed by atoms with Crippen molar-refractivity contribution in [1.82, 2.24) is 20.4 Å². The second-order valence-corrected chi connectivity index (χ2v) is 6.37. The molecule has 2 saturated heterocycles. The summed E-state index contributed by atoms with van der Waals surface area (Å²) in [7, 11) is 0. The van der Waals surface area contributed by atoms with E-state index in [1.54, 1.807) is 0 Å². The predicted molar refractivity (Wildman–Crippen MR) is 87.5 cm³/mol. The lowest BCUT2D eigenvalue weighted by Gasteiger charge is -2.34. The molecule has 1 amide bonds. The third-order valence-corrected chi connectivity index (χ3v) is 4.54. The predicted octanol–water partition coefficient (Wildman–Crippen LogP) is 0.140. The molecule has 5 heteroatoms. The molecule has 120 valence electrons. The number of carbonyl (C=O) groups is 1. The van der Waals surface area contributed by atoms with Crippen LogP contribution in [0.3, 0.4) is 0 Å². The van der Waals surface area contributed by atoms with E-state index in [9.17, 15) is 4.79 Å². The molecule has 0 bridgehead atoms. The first-order chi connectivity index (χ1) is 10.8. The zero-order chi connectivity index (χ0) is 15.2. The van der Waals surface area contributed by atoms with Gasteiger partial charge in [-0.3, -0.25) is 14.6 Å². The largest absolute Gasteiger partial charge is 0.355 e. The standard InChI is InChI=1S/C17H26N4O/c22-17(19-12-16-10-18-11-16)14-21-8-6-20(7-9-21)13-15-4-2-1-3-5-15/h1-5,16,18H,6-14H2,(H,19,22). The van der Waals surface area contributed by atoms with Crippen molar-refractivity contribution in [2.45, 2.75) is 6.54 Å². The Morgan fingerprint density at radius 3 is 2.41 bits per heavy atom. The first-order valence-corrected chi connectivity index (χ1v) is 8.25. The summed E-state index contributed by atoms with van der Waals surface area (Å²) >= 11 is 0. The number of hydrogen-bond acceptors (Lipinski definition) is 4. The number of amides is 1. The van der Waals surface area contributed by atoms with Gasteiger partial charge < -0.3 is 10.6 Å². The fraction of sp³-hybridized carbons (Fsp3) is 0.588. The summed E-state index contributed by atoms with van der Waals surface area (Å²) in [5.74, 6) is 0.801. The van der Waals surface area contributed by atoms with E-state index in [0.29, 0.717) is 12.5 Å². The van der Waals surface area contributed by atoms with Gasteiger partial charge in [-0.05, 0) is 5.56 Å². The molecule has 2 aliphatic rings. The lowest BCUT2D eigenvalue weighted by atomic mass is 10.0. The van der Waals surface area contributed by atoms with E-state index in [1.165, 1.54) is 5.56 Å². The van der Waals surface area contributed by atoms with E-state index in [4.69, 9.17) is 0 Å². The zero-order valence-corrected chi connectivity index (χ0v) is 13.1. The molecule has 5 nitrogen and oxygen atoms in total. The topological polar surface area (TPSA) is 47.6 Å². The highest BCUT2D eigenvalue weighted by molar-refractivity contribution is 5.78. The SMILES string of the molecule is O=C(CN1CCN(Cc2ccccc2)CC1)NCC1CNC1. The van der Waals surface area contributed by atoms with Gasteiger partial charge in [0.25, 0.3) is 0 Å². The Labute approximate surface area is 132 Å². The van der Waals surface area contributed by atoms with Gasteiger partial charge in [-0.2, -0.15) is 0 Å². The Hall–Kier alpha value is -1.43. The number of rotatable bonds is 6. The average Bonchev–Trinajstić information content (AvgIpc) is 2.49. The maximum atomic E-state index is 11.9. The molecule has 3 rings (SSSR count). The van der Waals surface area contributed by atoms with Gasteiger partial charge in [0.2, 0.25) is 5.91 Å². The van der Waals surface area contributed by atoms with Gasteiger partial charge in [0.15, 0.2) is 0 Å².